The van der Waals surface area contributed by atoms with Gasteiger partial charge in [-0.3, -0.25) is 10.1 Å². The van der Waals surface area contributed by atoms with Crippen LogP contribution in [0.1, 0.15) is 6.92 Å². The Morgan fingerprint density at radius 3 is 2.70 bits per heavy atom. The van der Waals surface area contributed by atoms with Gasteiger partial charge in [-0.1, -0.05) is 6.07 Å². The minimum atomic E-state index is -0.424. The first-order chi connectivity index (χ1) is 11.1. The number of carbonyl (C=O) groups is 2. The summed E-state index contributed by atoms with van der Waals surface area (Å²) in [4.78, 5) is 26.6. The summed E-state index contributed by atoms with van der Waals surface area (Å²) in [6.45, 7) is 6.11. The number of ether oxygens (including phenoxy) is 1. The lowest BCUT2D eigenvalue weighted by atomic mass is 10.2. The minimum Gasteiger partial charge on any atom is -0.497 e. The molecule has 1 aromatic carbocycles. The number of hydrogen-bond donors (Lipinski definition) is 3. The molecule has 0 unspecified atom stereocenters. The van der Waals surface area contributed by atoms with Gasteiger partial charge in [0.05, 0.1) is 33.3 Å². The standard InChI is InChI=1S/C16H24N4O3/c1-3-17-16(22)18-15(21)12-19-7-9-20(10-8-19)13-5-4-6-14(11-13)23-2/h4-6,11H,3,7-10,12H2,1-2H3,(H2,17,18,21,22)/p+1. The van der Waals surface area contributed by atoms with Gasteiger partial charge in [-0.25, -0.2) is 4.79 Å². The van der Waals surface area contributed by atoms with Gasteiger partial charge in [-0.2, -0.15) is 0 Å². The van der Waals surface area contributed by atoms with E-state index in [0.717, 1.165) is 37.6 Å². The fourth-order valence-corrected chi connectivity index (χ4v) is 2.67. The number of methoxy groups -OCH3 is 1. The van der Waals surface area contributed by atoms with Gasteiger partial charge in [-0.05, 0) is 19.1 Å². The first kappa shape index (κ1) is 17.1. The number of nitrogens with one attached hydrogen (secondary N) is 3. The molecular weight excluding hydrogens is 296 g/mol. The Balaban J connectivity index is 1.79. The lowest BCUT2D eigenvalue weighted by molar-refractivity contribution is -0.892. The Kier molecular flexibility index (Phi) is 6.22. The molecule has 7 nitrogen and oxygen atoms in total. The third-order valence-corrected chi connectivity index (χ3v) is 3.89. The number of urea groups is 1. The second kappa shape index (κ2) is 8.38. The largest absolute Gasteiger partial charge is 0.497 e. The minimum absolute atomic E-state index is 0.235. The summed E-state index contributed by atoms with van der Waals surface area (Å²) >= 11 is 0. The highest BCUT2D eigenvalue weighted by Crippen LogP contribution is 2.20. The van der Waals surface area contributed by atoms with E-state index in [1.165, 1.54) is 4.90 Å². The number of piperazine rings is 1. The molecule has 23 heavy (non-hydrogen) atoms. The van der Waals surface area contributed by atoms with Crippen molar-refractivity contribution in [1.29, 1.82) is 0 Å². The van der Waals surface area contributed by atoms with Crippen molar-refractivity contribution in [3.05, 3.63) is 24.3 Å². The fourth-order valence-electron chi connectivity index (χ4n) is 2.67. The van der Waals surface area contributed by atoms with Crippen molar-refractivity contribution >= 4 is 17.6 Å². The van der Waals surface area contributed by atoms with Crippen LogP contribution in [0.25, 0.3) is 0 Å². The third-order valence-electron chi connectivity index (χ3n) is 3.89. The lowest BCUT2D eigenvalue weighted by Gasteiger charge is -2.33. The van der Waals surface area contributed by atoms with E-state index in [2.05, 4.69) is 21.6 Å². The van der Waals surface area contributed by atoms with Crippen LogP contribution in [0.3, 0.4) is 0 Å². The number of rotatable bonds is 5. The molecule has 0 bridgehead atoms. The second-order valence-electron chi connectivity index (χ2n) is 5.52. The van der Waals surface area contributed by atoms with E-state index in [0.29, 0.717) is 13.1 Å². The van der Waals surface area contributed by atoms with Gasteiger partial charge in [0.15, 0.2) is 6.54 Å². The first-order valence-corrected chi connectivity index (χ1v) is 7.92. The van der Waals surface area contributed by atoms with Crippen LogP contribution in [-0.4, -0.2) is 58.3 Å². The van der Waals surface area contributed by atoms with E-state index in [9.17, 15) is 9.59 Å². The Bertz CT molecular complexity index is 542. The monoisotopic (exact) mass is 321 g/mol. The van der Waals surface area contributed by atoms with Gasteiger partial charge in [0, 0.05) is 18.3 Å². The summed E-state index contributed by atoms with van der Waals surface area (Å²) in [5, 5.41) is 4.90. The number of anilines is 1. The van der Waals surface area contributed by atoms with Crippen molar-refractivity contribution in [3.8, 4) is 5.75 Å². The predicted molar refractivity (Wildman–Crippen MR) is 88.0 cm³/mol. The molecule has 126 valence electrons. The van der Waals surface area contributed by atoms with E-state index >= 15 is 0 Å². The van der Waals surface area contributed by atoms with Crippen molar-refractivity contribution in [3.63, 3.8) is 0 Å². The van der Waals surface area contributed by atoms with E-state index in [1.54, 1.807) is 7.11 Å². The van der Waals surface area contributed by atoms with Crippen molar-refractivity contribution < 1.29 is 19.2 Å². The average Bonchev–Trinajstić information content (AvgIpc) is 2.55. The maximum Gasteiger partial charge on any atom is 0.321 e. The number of imide groups is 1. The molecule has 0 aromatic heterocycles. The summed E-state index contributed by atoms with van der Waals surface area (Å²) < 4.78 is 5.25. The molecule has 2 rings (SSSR count). The number of nitrogens with zero attached hydrogens (tertiary/aromatic N) is 1. The Hall–Kier alpha value is -2.28. The fraction of sp³-hybridized carbons (Fsp3) is 0.500. The van der Waals surface area contributed by atoms with Crippen molar-refractivity contribution in [2.24, 2.45) is 0 Å². The summed E-state index contributed by atoms with van der Waals surface area (Å²) in [7, 11) is 1.66. The molecule has 3 N–H and O–H groups in total. The summed E-state index contributed by atoms with van der Waals surface area (Å²) in [6.07, 6.45) is 0. The number of quaternary nitrogens is 1. The first-order valence-electron chi connectivity index (χ1n) is 7.92. The Morgan fingerprint density at radius 2 is 2.04 bits per heavy atom. The van der Waals surface area contributed by atoms with Gasteiger partial charge in [0.25, 0.3) is 5.91 Å². The molecule has 3 amide bonds. The van der Waals surface area contributed by atoms with Crippen LogP contribution < -0.4 is 25.2 Å². The molecule has 0 aliphatic carbocycles. The van der Waals surface area contributed by atoms with Crippen LogP contribution in [0, 0.1) is 0 Å². The van der Waals surface area contributed by atoms with Gasteiger partial charge < -0.3 is 19.9 Å². The van der Waals surface area contributed by atoms with E-state index in [-0.39, 0.29) is 5.91 Å². The molecule has 0 spiro atoms. The zero-order chi connectivity index (χ0) is 16.7. The van der Waals surface area contributed by atoms with E-state index in [1.807, 2.05) is 25.1 Å². The molecule has 1 aliphatic rings. The van der Waals surface area contributed by atoms with Crippen molar-refractivity contribution in [1.82, 2.24) is 10.6 Å². The quantitative estimate of drug-likeness (QED) is 0.667. The molecule has 1 aliphatic heterocycles. The van der Waals surface area contributed by atoms with Crippen LogP contribution >= 0.6 is 0 Å². The van der Waals surface area contributed by atoms with Crippen LogP contribution in [0.4, 0.5) is 10.5 Å². The summed E-state index contributed by atoms with van der Waals surface area (Å²) in [5.41, 5.74) is 1.13. The van der Waals surface area contributed by atoms with Crippen LogP contribution in [0.5, 0.6) is 5.75 Å². The molecule has 1 saturated heterocycles. The van der Waals surface area contributed by atoms with Crippen LogP contribution in [-0.2, 0) is 4.79 Å². The number of amides is 3. The normalized spacial score (nSPS) is 15.1. The molecule has 0 atom stereocenters. The molecule has 0 radical (unpaired) electrons. The topological polar surface area (TPSA) is 75.1 Å². The maximum absolute atomic E-state index is 11.8. The molecule has 7 heteroatoms. The van der Waals surface area contributed by atoms with Gasteiger partial charge in [0.1, 0.15) is 5.75 Å². The Morgan fingerprint density at radius 1 is 1.30 bits per heavy atom. The van der Waals surface area contributed by atoms with E-state index in [4.69, 9.17) is 4.74 Å². The number of carbonyl (C=O) groups excluding carboxylic acids is 2. The number of benzene rings is 1. The van der Waals surface area contributed by atoms with Crippen molar-refractivity contribution in [2.75, 3.05) is 51.3 Å². The highest BCUT2D eigenvalue weighted by atomic mass is 16.5. The maximum atomic E-state index is 11.8. The second-order valence-corrected chi connectivity index (χ2v) is 5.52. The molecular formula is C16H25N4O3+. The molecule has 1 fully saturated rings. The zero-order valence-corrected chi connectivity index (χ0v) is 13.7. The SMILES string of the molecule is CCNC(=O)NC(=O)C[NH+]1CCN(c2cccc(OC)c2)CC1. The zero-order valence-electron chi connectivity index (χ0n) is 13.7. The average molecular weight is 321 g/mol. The summed E-state index contributed by atoms with van der Waals surface area (Å²) in [5.74, 6) is 0.611. The number of hydrogen-bond acceptors (Lipinski definition) is 4. The molecule has 1 aromatic rings. The lowest BCUT2D eigenvalue weighted by Crippen LogP contribution is -3.16. The Labute approximate surface area is 136 Å². The van der Waals surface area contributed by atoms with Gasteiger partial charge >= 0.3 is 6.03 Å². The highest BCUT2D eigenvalue weighted by Gasteiger charge is 2.23. The van der Waals surface area contributed by atoms with Crippen molar-refractivity contribution in [2.45, 2.75) is 6.92 Å². The van der Waals surface area contributed by atoms with Gasteiger partial charge in [0.2, 0.25) is 0 Å². The molecule has 0 saturated carbocycles. The van der Waals surface area contributed by atoms with Gasteiger partial charge in [-0.15, -0.1) is 0 Å². The van der Waals surface area contributed by atoms with Crippen LogP contribution in [0.15, 0.2) is 24.3 Å². The molecule has 1 heterocycles. The summed E-state index contributed by atoms with van der Waals surface area (Å²) in [6, 6.07) is 7.57. The third kappa shape index (κ3) is 5.14. The predicted octanol–water partition coefficient (Wildman–Crippen LogP) is -0.754. The highest BCUT2D eigenvalue weighted by molar-refractivity contribution is 5.94. The van der Waals surface area contributed by atoms with Crippen LogP contribution in [0.2, 0.25) is 0 Å². The van der Waals surface area contributed by atoms with E-state index < -0.39 is 6.03 Å². The smallest absolute Gasteiger partial charge is 0.321 e.